The molecule has 1 aliphatic rings. The van der Waals surface area contributed by atoms with Crippen LogP contribution in [-0.4, -0.2) is 47.7 Å². The molecule has 0 N–H and O–H groups in total. The molecule has 142 valence electrons. The number of amides is 4. The lowest BCUT2D eigenvalue weighted by Gasteiger charge is -2.28. The maximum atomic E-state index is 12.2. The Morgan fingerprint density at radius 2 is 1.39 bits per heavy atom. The van der Waals surface area contributed by atoms with Crippen LogP contribution in [0.4, 0.5) is 4.79 Å². The van der Waals surface area contributed by atoms with Crippen molar-refractivity contribution in [3.8, 4) is 5.75 Å². The van der Waals surface area contributed by atoms with Gasteiger partial charge in [0.05, 0.1) is 5.56 Å². The summed E-state index contributed by atoms with van der Waals surface area (Å²) in [6.45, 7) is 1.93. The van der Waals surface area contributed by atoms with Crippen LogP contribution in [0.2, 0.25) is 0 Å². The molecule has 4 amide bonds. The topological polar surface area (TPSA) is 84.0 Å². The summed E-state index contributed by atoms with van der Waals surface area (Å²) in [4.78, 5) is 50.1. The third-order valence-corrected chi connectivity index (χ3v) is 4.33. The monoisotopic (exact) mass is 378 g/mol. The lowest BCUT2D eigenvalue weighted by molar-refractivity contribution is -0.134. The molecule has 2 aromatic rings. The van der Waals surface area contributed by atoms with Crippen LogP contribution in [0, 0.1) is 6.92 Å². The van der Waals surface area contributed by atoms with E-state index in [9.17, 15) is 19.2 Å². The van der Waals surface area contributed by atoms with Gasteiger partial charge in [0.15, 0.2) is 0 Å². The number of carbonyl (C=O) groups is 4. The van der Waals surface area contributed by atoms with Gasteiger partial charge in [-0.25, -0.2) is 9.59 Å². The number of likely N-dealkylation sites (N-methyl/N-ethyl adjacent to an activating group) is 2. The average Bonchev–Trinajstić information content (AvgIpc) is 2.70. The van der Waals surface area contributed by atoms with E-state index < -0.39 is 23.8 Å². The summed E-state index contributed by atoms with van der Waals surface area (Å²) in [6.07, 6.45) is 1.40. The maximum absolute atomic E-state index is 12.2. The molecule has 28 heavy (non-hydrogen) atoms. The van der Waals surface area contributed by atoms with E-state index in [0.717, 1.165) is 15.4 Å². The zero-order valence-electron chi connectivity index (χ0n) is 15.6. The highest BCUT2D eigenvalue weighted by Crippen LogP contribution is 2.20. The second-order valence-electron chi connectivity index (χ2n) is 6.39. The molecule has 0 atom stereocenters. The van der Waals surface area contributed by atoms with Crippen LogP contribution in [0.3, 0.4) is 0 Å². The van der Waals surface area contributed by atoms with Crippen LogP contribution in [0.5, 0.6) is 5.75 Å². The molecule has 3 rings (SSSR count). The minimum absolute atomic E-state index is 0.117. The molecule has 0 aromatic heterocycles. The molecule has 1 saturated heterocycles. The molecule has 0 radical (unpaired) electrons. The smallest absolute Gasteiger partial charge is 0.343 e. The van der Waals surface area contributed by atoms with Gasteiger partial charge in [-0.05, 0) is 42.8 Å². The zero-order valence-corrected chi connectivity index (χ0v) is 15.6. The Bertz CT molecular complexity index is 964. The van der Waals surface area contributed by atoms with Crippen molar-refractivity contribution in [2.24, 2.45) is 0 Å². The van der Waals surface area contributed by atoms with Crippen molar-refractivity contribution in [1.82, 2.24) is 9.80 Å². The standard InChI is InChI=1S/C21H18N2O5/c1-13-4-8-15(9-5-13)20(26)28-16-10-6-14(7-11-16)12-17-18(24)22(2)21(27)23(3)19(17)25/h4-12H,1-3H3. The van der Waals surface area contributed by atoms with E-state index in [1.165, 1.54) is 20.2 Å². The number of esters is 1. The van der Waals surface area contributed by atoms with Gasteiger partial charge in [-0.1, -0.05) is 29.8 Å². The molecule has 7 nitrogen and oxygen atoms in total. The van der Waals surface area contributed by atoms with Gasteiger partial charge in [-0.15, -0.1) is 0 Å². The third kappa shape index (κ3) is 3.68. The van der Waals surface area contributed by atoms with Gasteiger partial charge in [0, 0.05) is 14.1 Å². The van der Waals surface area contributed by atoms with E-state index in [4.69, 9.17) is 4.74 Å². The largest absolute Gasteiger partial charge is 0.423 e. The van der Waals surface area contributed by atoms with Crippen LogP contribution < -0.4 is 4.74 Å². The Balaban J connectivity index is 1.77. The number of imide groups is 2. The van der Waals surface area contributed by atoms with Gasteiger partial charge in [0.25, 0.3) is 11.8 Å². The van der Waals surface area contributed by atoms with Crippen molar-refractivity contribution in [2.75, 3.05) is 14.1 Å². The molecule has 1 fully saturated rings. The average molecular weight is 378 g/mol. The Hall–Kier alpha value is -3.74. The SMILES string of the molecule is Cc1ccc(C(=O)Oc2ccc(C=C3C(=O)N(C)C(=O)N(C)C3=O)cc2)cc1. The number of aryl methyl sites for hydroxylation is 1. The van der Waals surface area contributed by atoms with Crippen molar-refractivity contribution in [2.45, 2.75) is 6.92 Å². The summed E-state index contributed by atoms with van der Waals surface area (Å²) in [5.41, 5.74) is 1.92. The fourth-order valence-corrected chi connectivity index (χ4v) is 2.63. The molecule has 0 saturated carbocycles. The molecule has 0 spiro atoms. The predicted molar refractivity (Wildman–Crippen MR) is 101 cm³/mol. The van der Waals surface area contributed by atoms with Gasteiger partial charge < -0.3 is 4.74 Å². The lowest BCUT2D eigenvalue weighted by Crippen LogP contribution is -2.52. The van der Waals surface area contributed by atoms with Crippen molar-refractivity contribution in [3.63, 3.8) is 0 Å². The summed E-state index contributed by atoms with van der Waals surface area (Å²) in [5, 5.41) is 0. The predicted octanol–water partition coefficient (Wildman–Crippen LogP) is 2.65. The molecule has 0 unspecified atom stereocenters. The summed E-state index contributed by atoms with van der Waals surface area (Å²) in [5.74, 6) is -1.48. The Kier molecular flexibility index (Phi) is 5.08. The number of hydrogen-bond acceptors (Lipinski definition) is 5. The number of ether oxygens (including phenoxy) is 1. The fourth-order valence-electron chi connectivity index (χ4n) is 2.63. The molecule has 0 bridgehead atoms. The normalized spacial score (nSPS) is 14.4. The van der Waals surface area contributed by atoms with Crippen LogP contribution in [0.15, 0.2) is 54.1 Å². The molecular weight excluding hydrogens is 360 g/mol. The molecule has 2 aromatic carbocycles. The summed E-state index contributed by atoms with van der Waals surface area (Å²) < 4.78 is 5.32. The number of carbonyl (C=O) groups excluding carboxylic acids is 4. The van der Waals surface area contributed by atoms with Gasteiger partial charge in [0.2, 0.25) is 0 Å². The number of benzene rings is 2. The van der Waals surface area contributed by atoms with Crippen molar-refractivity contribution in [1.29, 1.82) is 0 Å². The first-order valence-corrected chi connectivity index (χ1v) is 8.48. The first-order valence-electron chi connectivity index (χ1n) is 8.48. The number of rotatable bonds is 3. The number of urea groups is 1. The van der Waals surface area contributed by atoms with E-state index in [1.807, 2.05) is 19.1 Å². The van der Waals surface area contributed by atoms with E-state index >= 15 is 0 Å². The molecule has 0 aliphatic carbocycles. The van der Waals surface area contributed by atoms with Gasteiger partial charge in [-0.2, -0.15) is 0 Å². The van der Waals surface area contributed by atoms with E-state index in [-0.39, 0.29) is 5.57 Å². The highest BCUT2D eigenvalue weighted by molar-refractivity contribution is 6.30. The fraction of sp³-hybridized carbons (Fsp3) is 0.143. The van der Waals surface area contributed by atoms with Crippen LogP contribution >= 0.6 is 0 Å². The minimum atomic E-state index is -0.675. The molecule has 1 heterocycles. The molecular formula is C21H18N2O5. The van der Waals surface area contributed by atoms with Crippen molar-refractivity contribution >= 4 is 29.9 Å². The number of barbiturate groups is 1. The second-order valence-corrected chi connectivity index (χ2v) is 6.39. The maximum Gasteiger partial charge on any atom is 0.343 e. The molecule has 1 aliphatic heterocycles. The van der Waals surface area contributed by atoms with E-state index in [1.54, 1.807) is 36.4 Å². The summed E-state index contributed by atoms with van der Waals surface area (Å²) in [6, 6.07) is 12.7. The number of hydrogen-bond donors (Lipinski definition) is 0. The van der Waals surface area contributed by atoms with E-state index in [2.05, 4.69) is 0 Å². The Morgan fingerprint density at radius 3 is 1.93 bits per heavy atom. The van der Waals surface area contributed by atoms with Gasteiger partial charge >= 0.3 is 12.0 Å². The quantitative estimate of drug-likeness (QED) is 0.355. The zero-order chi connectivity index (χ0) is 20.4. The van der Waals surface area contributed by atoms with Crippen molar-refractivity contribution in [3.05, 3.63) is 70.8 Å². The van der Waals surface area contributed by atoms with Gasteiger partial charge in [0.1, 0.15) is 11.3 Å². The summed E-state index contributed by atoms with van der Waals surface area (Å²) in [7, 11) is 2.63. The van der Waals surface area contributed by atoms with E-state index in [0.29, 0.717) is 16.9 Å². The Morgan fingerprint density at radius 1 is 0.857 bits per heavy atom. The first-order chi connectivity index (χ1) is 13.3. The lowest BCUT2D eigenvalue weighted by atomic mass is 10.1. The highest BCUT2D eigenvalue weighted by Gasteiger charge is 2.37. The Labute approximate surface area is 161 Å². The van der Waals surface area contributed by atoms with Crippen molar-refractivity contribution < 1.29 is 23.9 Å². The number of nitrogens with zero attached hydrogens (tertiary/aromatic N) is 2. The molecule has 7 heteroatoms. The van der Waals surface area contributed by atoms with Crippen LogP contribution in [0.25, 0.3) is 6.08 Å². The first kappa shape index (κ1) is 19.0. The summed E-state index contributed by atoms with van der Waals surface area (Å²) >= 11 is 0. The van der Waals surface area contributed by atoms with Crippen LogP contribution in [-0.2, 0) is 9.59 Å². The second kappa shape index (κ2) is 7.48. The highest BCUT2D eigenvalue weighted by atomic mass is 16.5. The minimum Gasteiger partial charge on any atom is -0.423 e. The van der Waals surface area contributed by atoms with Crippen LogP contribution in [0.1, 0.15) is 21.5 Å². The third-order valence-electron chi connectivity index (χ3n) is 4.33. The van der Waals surface area contributed by atoms with Gasteiger partial charge in [-0.3, -0.25) is 19.4 Å².